The van der Waals surface area contributed by atoms with E-state index in [-0.39, 0.29) is 48.2 Å². The maximum absolute atomic E-state index is 12.5. The molecule has 4 saturated carbocycles. The summed E-state index contributed by atoms with van der Waals surface area (Å²) < 4.78 is 0. The molecule has 210 valence electrons. The van der Waals surface area contributed by atoms with E-state index in [0.29, 0.717) is 41.9 Å². The number of carboxylic acids is 2. The molecule has 4 rings (SSSR count). The molecule has 8 nitrogen and oxygen atoms in total. The van der Waals surface area contributed by atoms with Gasteiger partial charge in [0.15, 0.2) is 0 Å². The molecule has 37 heavy (non-hydrogen) atoms. The minimum absolute atomic E-state index is 0.126. The van der Waals surface area contributed by atoms with Gasteiger partial charge in [-0.25, -0.2) is 4.79 Å². The Morgan fingerprint density at radius 1 is 0.892 bits per heavy atom. The number of fused-ring (bicyclic) bond motifs is 5. The number of hydrogen-bond donors (Lipinski definition) is 5. The molecule has 0 radical (unpaired) electrons. The molecule has 0 saturated heterocycles. The van der Waals surface area contributed by atoms with Crippen LogP contribution in [0.4, 0.5) is 0 Å². The van der Waals surface area contributed by atoms with Crippen LogP contribution in [0.1, 0.15) is 97.8 Å². The molecule has 0 heterocycles. The van der Waals surface area contributed by atoms with Crippen LogP contribution in [0.3, 0.4) is 0 Å². The lowest BCUT2D eigenvalue weighted by molar-refractivity contribution is -0.174. The van der Waals surface area contributed by atoms with Gasteiger partial charge >= 0.3 is 11.9 Å². The molecule has 4 aliphatic rings. The van der Waals surface area contributed by atoms with E-state index in [1.54, 1.807) is 0 Å². The molecule has 11 atom stereocenters. The number of nitrogens with one attached hydrogen (secondary N) is 1. The second-order valence-electron chi connectivity index (χ2n) is 13.4. The molecular weight excluding hydrogens is 474 g/mol. The summed E-state index contributed by atoms with van der Waals surface area (Å²) in [5.41, 5.74) is 0.327. The SMILES string of the molecule is C[C@H](CCC(=O)N[C@@H](CCC(=O)O)C(=O)O)[C@H]1CC[C@H]2[C@@H]3[C@H](O)C[C@@H]4C[C@H](O)CC[C@]4(C)[C@H]3CC[C@]12C. The lowest BCUT2D eigenvalue weighted by Crippen LogP contribution is -2.58. The molecule has 0 spiro atoms. The third kappa shape index (κ3) is 5.42. The number of carbonyl (C=O) groups excluding carboxylic acids is 1. The molecule has 0 unspecified atom stereocenters. The molecule has 1 amide bonds. The van der Waals surface area contributed by atoms with Gasteiger partial charge in [-0.1, -0.05) is 20.8 Å². The number of hydrogen-bond acceptors (Lipinski definition) is 5. The summed E-state index contributed by atoms with van der Waals surface area (Å²) in [6, 6.07) is -1.18. The summed E-state index contributed by atoms with van der Waals surface area (Å²) >= 11 is 0. The van der Waals surface area contributed by atoms with Crippen LogP contribution in [0.15, 0.2) is 0 Å². The fourth-order valence-electron chi connectivity index (χ4n) is 9.53. The van der Waals surface area contributed by atoms with Gasteiger partial charge in [-0.2, -0.15) is 0 Å². The van der Waals surface area contributed by atoms with Gasteiger partial charge in [0.25, 0.3) is 0 Å². The van der Waals surface area contributed by atoms with Gasteiger partial charge in [-0.15, -0.1) is 0 Å². The van der Waals surface area contributed by atoms with Gasteiger partial charge in [0.1, 0.15) is 6.04 Å². The van der Waals surface area contributed by atoms with Crippen LogP contribution in [0, 0.1) is 46.3 Å². The van der Waals surface area contributed by atoms with Gasteiger partial charge in [-0.05, 0) is 111 Å². The zero-order valence-electron chi connectivity index (χ0n) is 22.7. The van der Waals surface area contributed by atoms with Crippen molar-refractivity contribution in [2.75, 3.05) is 0 Å². The topological polar surface area (TPSA) is 144 Å². The van der Waals surface area contributed by atoms with E-state index in [1.807, 2.05) is 0 Å². The minimum Gasteiger partial charge on any atom is -0.481 e. The van der Waals surface area contributed by atoms with E-state index in [9.17, 15) is 29.7 Å². The molecule has 8 heteroatoms. The van der Waals surface area contributed by atoms with Crippen molar-refractivity contribution in [2.45, 2.75) is 116 Å². The Balaban J connectivity index is 1.38. The predicted molar refractivity (Wildman–Crippen MR) is 137 cm³/mol. The van der Waals surface area contributed by atoms with Crippen molar-refractivity contribution in [2.24, 2.45) is 46.3 Å². The number of rotatable bonds is 9. The van der Waals surface area contributed by atoms with Crippen molar-refractivity contribution in [3.8, 4) is 0 Å². The number of amides is 1. The highest BCUT2D eigenvalue weighted by atomic mass is 16.4. The van der Waals surface area contributed by atoms with E-state index >= 15 is 0 Å². The molecule has 0 aromatic heterocycles. The Morgan fingerprint density at radius 2 is 1.57 bits per heavy atom. The predicted octanol–water partition coefficient (Wildman–Crippen LogP) is 3.83. The zero-order chi connectivity index (χ0) is 27.1. The van der Waals surface area contributed by atoms with Crippen molar-refractivity contribution in [3.63, 3.8) is 0 Å². The summed E-state index contributed by atoms with van der Waals surface area (Å²) in [5.74, 6) is -0.188. The minimum atomic E-state index is -1.21. The van der Waals surface area contributed by atoms with E-state index in [4.69, 9.17) is 5.11 Å². The van der Waals surface area contributed by atoms with Crippen molar-refractivity contribution in [1.29, 1.82) is 0 Å². The van der Waals surface area contributed by atoms with Gasteiger partial charge in [0.2, 0.25) is 5.91 Å². The first kappa shape index (κ1) is 28.3. The molecule has 5 N–H and O–H groups in total. The Labute approximate surface area is 220 Å². The van der Waals surface area contributed by atoms with Crippen molar-refractivity contribution in [1.82, 2.24) is 5.32 Å². The summed E-state index contributed by atoms with van der Waals surface area (Å²) in [7, 11) is 0. The summed E-state index contributed by atoms with van der Waals surface area (Å²) in [6.45, 7) is 7.03. The molecule has 0 aromatic carbocycles. The normalized spacial score (nSPS) is 42.6. The summed E-state index contributed by atoms with van der Waals surface area (Å²) in [6.07, 6.45) is 7.91. The number of aliphatic carboxylic acids is 2. The summed E-state index contributed by atoms with van der Waals surface area (Å²) in [5, 5.41) is 42.3. The van der Waals surface area contributed by atoms with Crippen LogP contribution >= 0.6 is 0 Å². The van der Waals surface area contributed by atoms with Crippen LogP contribution in [0.5, 0.6) is 0 Å². The summed E-state index contributed by atoms with van der Waals surface area (Å²) in [4.78, 5) is 34.8. The molecular formula is C29H47NO7. The van der Waals surface area contributed by atoms with E-state index in [2.05, 4.69) is 26.1 Å². The largest absolute Gasteiger partial charge is 0.481 e. The van der Waals surface area contributed by atoms with Crippen LogP contribution in [-0.2, 0) is 14.4 Å². The van der Waals surface area contributed by atoms with Crippen LogP contribution in [0.2, 0.25) is 0 Å². The van der Waals surface area contributed by atoms with E-state index in [0.717, 1.165) is 51.4 Å². The third-order valence-corrected chi connectivity index (χ3v) is 11.5. The van der Waals surface area contributed by atoms with E-state index in [1.165, 1.54) is 0 Å². The lowest BCUT2D eigenvalue weighted by atomic mass is 9.43. The Hall–Kier alpha value is -1.67. The number of aliphatic hydroxyl groups is 2. The van der Waals surface area contributed by atoms with Gasteiger partial charge < -0.3 is 25.7 Å². The maximum Gasteiger partial charge on any atom is 0.326 e. The van der Waals surface area contributed by atoms with Crippen molar-refractivity contribution in [3.05, 3.63) is 0 Å². The fourth-order valence-corrected chi connectivity index (χ4v) is 9.53. The Kier molecular flexibility index (Phi) is 8.30. The van der Waals surface area contributed by atoms with Gasteiger partial charge in [-0.3, -0.25) is 9.59 Å². The standard InChI is InChI=1S/C29H47NO7/c1-16(4-8-24(33)30-22(27(36)37)7-9-25(34)35)19-5-6-20-26-21(11-13-29(19,20)3)28(2)12-10-18(31)14-17(28)15-23(26)32/h16-23,26,31-32H,4-15H2,1-3H3,(H,30,33)(H,34,35)(H,36,37)/t16-,17+,18-,19-,20+,21+,22+,23-,26+,28+,29-/m1/s1. The maximum atomic E-state index is 12.5. The Morgan fingerprint density at radius 3 is 2.24 bits per heavy atom. The molecule has 4 fully saturated rings. The van der Waals surface area contributed by atoms with Crippen LogP contribution in [0.25, 0.3) is 0 Å². The molecule has 0 aliphatic heterocycles. The molecule has 0 aromatic rings. The van der Waals surface area contributed by atoms with E-state index < -0.39 is 18.0 Å². The average molecular weight is 522 g/mol. The molecule has 0 bridgehead atoms. The number of carboxylic acid groups (broad SMARTS) is 2. The highest BCUT2D eigenvalue weighted by Crippen LogP contribution is 2.68. The average Bonchev–Trinajstić information content (AvgIpc) is 3.18. The third-order valence-electron chi connectivity index (χ3n) is 11.5. The monoisotopic (exact) mass is 521 g/mol. The first-order chi connectivity index (χ1) is 17.4. The van der Waals surface area contributed by atoms with Crippen molar-refractivity contribution < 1.29 is 34.8 Å². The number of carbonyl (C=O) groups is 3. The van der Waals surface area contributed by atoms with Gasteiger partial charge in [0, 0.05) is 12.8 Å². The second kappa shape index (κ2) is 10.8. The van der Waals surface area contributed by atoms with Crippen molar-refractivity contribution >= 4 is 17.8 Å². The molecule has 4 aliphatic carbocycles. The zero-order valence-corrected chi connectivity index (χ0v) is 22.7. The quantitative estimate of drug-likeness (QED) is 0.310. The van der Waals surface area contributed by atoms with Crippen LogP contribution < -0.4 is 5.32 Å². The number of aliphatic hydroxyl groups excluding tert-OH is 2. The highest BCUT2D eigenvalue weighted by molar-refractivity contribution is 5.83. The first-order valence-electron chi connectivity index (χ1n) is 14.5. The highest BCUT2D eigenvalue weighted by Gasteiger charge is 2.62. The van der Waals surface area contributed by atoms with Gasteiger partial charge in [0.05, 0.1) is 12.2 Å². The fraction of sp³-hybridized carbons (Fsp3) is 0.897. The first-order valence-corrected chi connectivity index (χ1v) is 14.5. The lowest BCUT2D eigenvalue weighted by Gasteiger charge is -2.62. The van der Waals surface area contributed by atoms with Crippen LogP contribution in [-0.4, -0.2) is 56.5 Å². The smallest absolute Gasteiger partial charge is 0.326 e. The Bertz CT molecular complexity index is 878. The second-order valence-corrected chi connectivity index (χ2v) is 13.4.